The smallest absolute Gasteiger partial charge is 0.416 e. The van der Waals surface area contributed by atoms with Crippen LogP contribution in [0.25, 0.3) is 10.6 Å². The van der Waals surface area contributed by atoms with Crippen LogP contribution >= 0.6 is 11.3 Å². The first-order chi connectivity index (χ1) is 12.9. The molecule has 140 valence electrons. The van der Waals surface area contributed by atoms with E-state index >= 15 is 0 Å². The zero-order valence-corrected chi connectivity index (χ0v) is 14.9. The van der Waals surface area contributed by atoms with Gasteiger partial charge in [-0.1, -0.05) is 12.1 Å². The number of carbonyl (C=O) groups is 1. The lowest BCUT2D eigenvalue weighted by atomic mass is 10.1. The second-order valence-corrected chi connectivity index (χ2v) is 6.39. The van der Waals surface area contributed by atoms with Crippen LogP contribution in [0.3, 0.4) is 0 Å². The molecule has 1 aromatic heterocycles. The molecule has 0 bridgehead atoms. The predicted molar refractivity (Wildman–Crippen MR) is 95.3 cm³/mol. The lowest BCUT2D eigenvalue weighted by molar-refractivity contribution is -0.137. The number of hydrogen-bond acceptors (Lipinski definition) is 5. The van der Waals surface area contributed by atoms with Crippen LogP contribution < -0.4 is 9.47 Å². The molecule has 0 unspecified atom stereocenters. The molecule has 0 aliphatic heterocycles. The number of nitrogens with zero attached hydrogens (tertiary/aromatic N) is 1. The third kappa shape index (κ3) is 4.46. The Balaban J connectivity index is 1.72. The minimum atomic E-state index is -4.37. The lowest BCUT2D eigenvalue weighted by Gasteiger charge is -2.10. The Labute approximate surface area is 157 Å². The van der Waals surface area contributed by atoms with E-state index < -0.39 is 11.7 Å². The van der Waals surface area contributed by atoms with Gasteiger partial charge in [-0.05, 0) is 30.3 Å². The van der Waals surface area contributed by atoms with Gasteiger partial charge in [0.05, 0.1) is 18.4 Å². The molecule has 3 rings (SSSR count). The van der Waals surface area contributed by atoms with Gasteiger partial charge in [-0.3, -0.25) is 4.79 Å². The maximum Gasteiger partial charge on any atom is 0.416 e. The first-order valence-electron chi connectivity index (χ1n) is 7.79. The Kier molecular flexibility index (Phi) is 5.46. The van der Waals surface area contributed by atoms with E-state index in [2.05, 4.69) is 4.98 Å². The molecule has 2 aromatic carbocycles. The fourth-order valence-electron chi connectivity index (χ4n) is 2.34. The van der Waals surface area contributed by atoms with Gasteiger partial charge in [0.1, 0.15) is 17.9 Å². The molecule has 0 fully saturated rings. The van der Waals surface area contributed by atoms with Crippen LogP contribution in [0.15, 0.2) is 47.8 Å². The Morgan fingerprint density at radius 1 is 1.11 bits per heavy atom. The first-order valence-corrected chi connectivity index (χ1v) is 8.66. The second-order valence-electron chi connectivity index (χ2n) is 5.54. The molecule has 0 amide bonds. The van der Waals surface area contributed by atoms with Gasteiger partial charge in [0.25, 0.3) is 0 Å². The van der Waals surface area contributed by atoms with Crippen LogP contribution in [0.4, 0.5) is 13.2 Å². The highest BCUT2D eigenvalue weighted by atomic mass is 32.1. The summed E-state index contributed by atoms with van der Waals surface area (Å²) in [5, 5.41) is 2.36. The third-order valence-electron chi connectivity index (χ3n) is 3.71. The normalized spacial score (nSPS) is 11.3. The Bertz CT molecular complexity index is 936. The number of ether oxygens (including phenoxy) is 2. The van der Waals surface area contributed by atoms with Crippen molar-refractivity contribution in [3.05, 3.63) is 64.7 Å². The van der Waals surface area contributed by atoms with E-state index in [0.29, 0.717) is 39.6 Å². The molecule has 8 heteroatoms. The highest BCUT2D eigenvalue weighted by Gasteiger charge is 2.30. The number of hydrogen-bond donors (Lipinski definition) is 0. The number of aldehydes is 1. The topological polar surface area (TPSA) is 48.4 Å². The number of aromatic nitrogens is 1. The summed E-state index contributed by atoms with van der Waals surface area (Å²) in [6, 6.07) is 9.66. The van der Waals surface area contributed by atoms with Crippen molar-refractivity contribution in [1.82, 2.24) is 4.98 Å². The van der Waals surface area contributed by atoms with E-state index in [4.69, 9.17) is 9.47 Å². The van der Waals surface area contributed by atoms with Gasteiger partial charge in [-0.15, -0.1) is 11.3 Å². The van der Waals surface area contributed by atoms with E-state index in [1.807, 2.05) is 0 Å². The van der Waals surface area contributed by atoms with Crippen molar-refractivity contribution in [3.8, 4) is 22.1 Å². The zero-order chi connectivity index (χ0) is 19.4. The largest absolute Gasteiger partial charge is 0.493 e. The van der Waals surface area contributed by atoms with Crippen molar-refractivity contribution >= 4 is 17.6 Å². The number of rotatable bonds is 6. The lowest BCUT2D eigenvalue weighted by Crippen LogP contribution is -2.04. The van der Waals surface area contributed by atoms with Gasteiger partial charge in [-0.25, -0.2) is 4.98 Å². The minimum absolute atomic E-state index is 0.135. The fraction of sp³-hybridized carbons (Fsp3) is 0.158. The van der Waals surface area contributed by atoms with Crippen LogP contribution in [0, 0.1) is 0 Å². The van der Waals surface area contributed by atoms with Gasteiger partial charge >= 0.3 is 6.18 Å². The van der Waals surface area contributed by atoms with Crippen LogP contribution in [-0.4, -0.2) is 18.4 Å². The highest BCUT2D eigenvalue weighted by molar-refractivity contribution is 7.13. The van der Waals surface area contributed by atoms with Crippen LogP contribution in [0.5, 0.6) is 11.5 Å². The SMILES string of the molecule is COc1ccc(C=O)cc1OCc1csc(-c2ccc(C(F)(F)F)cc2)n1. The summed E-state index contributed by atoms with van der Waals surface area (Å²) in [7, 11) is 1.49. The van der Waals surface area contributed by atoms with Crippen LogP contribution in [0.2, 0.25) is 0 Å². The zero-order valence-electron chi connectivity index (χ0n) is 14.1. The summed E-state index contributed by atoms with van der Waals surface area (Å²) in [5.74, 6) is 0.893. The molecule has 3 aromatic rings. The van der Waals surface area contributed by atoms with Gasteiger partial charge in [0.15, 0.2) is 11.5 Å². The molecule has 27 heavy (non-hydrogen) atoms. The Morgan fingerprint density at radius 2 is 1.85 bits per heavy atom. The van der Waals surface area contributed by atoms with Gasteiger partial charge < -0.3 is 9.47 Å². The van der Waals surface area contributed by atoms with Gasteiger partial charge in [-0.2, -0.15) is 13.2 Å². The fourth-order valence-corrected chi connectivity index (χ4v) is 3.15. The van der Waals surface area contributed by atoms with Crippen LogP contribution in [0.1, 0.15) is 21.6 Å². The minimum Gasteiger partial charge on any atom is -0.493 e. The molecule has 4 nitrogen and oxygen atoms in total. The van der Waals surface area contributed by atoms with Crippen molar-refractivity contribution in [1.29, 1.82) is 0 Å². The maximum atomic E-state index is 12.6. The van der Waals surface area contributed by atoms with Crippen molar-refractivity contribution in [2.45, 2.75) is 12.8 Å². The number of thiazole rings is 1. The number of benzene rings is 2. The summed E-state index contributed by atoms with van der Waals surface area (Å²) >= 11 is 1.31. The van der Waals surface area contributed by atoms with Crippen molar-refractivity contribution in [2.75, 3.05) is 7.11 Å². The second kappa shape index (κ2) is 7.79. The molecule has 0 saturated carbocycles. The molecule has 0 saturated heterocycles. The van der Waals surface area contributed by atoms with E-state index in [-0.39, 0.29) is 6.61 Å². The van der Waals surface area contributed by atoms with Crippen molar-refractivity contribution in [3.63, 3.8) is 0 Å². The quantitative estimate of drug-likeness (QED) is 0.538. The van der Waals surface area contributed by atoms with E-state index in [9.17, 15) is 18.0 Å². The molecule has 0 radical (unpaired) electrons. The third-order valence-corrected chi connectivity index (χ3v) is 4.65. The molecule has 0 aliphatic rings. The number of halogens is 3. The maximum absolute atomic E-state index is 12.6. The van der Waals surface area contributed by atoms with Crippen LogP contribution in [-0.2, 0) is 12.8 Å². The van der Waals surface area contributed by atoms with Gasteiger partial charge in [0.2, 0.25) is 0 Å². The van der Waals surface area contributed by atoms with Crippen molar-refractivity contribution < 1.29 is 27.4 Å². The molecular weight excluding hydrogens is 379 g/mol. The summed E-state index contributed by atoms with van der Waals surface area (Å²) in [6.07, 6.45) is -3.66. The van der Waals surface area contributed by atoms with Gasteiger partial charge in [0, 0.05) is 16.5 Å². The van der Waals surface area contributed by atoms with E-state index in [0.717, 1.165) is 12.1 Å². The Hall–Kier alpha value is -2.87. The molecule has 0 aliphatic carbocycles. The average Bonchev–Trinajstić information content (AvgIpc) is 3.14. The molecule has 0 spiro atoms. The summed E-state index contributed by atoms with van der Waals surface area (Å²) in [5.41, 5.74) is 0.969. The Morgan fingerprint density at radius 3 is 2.48 bits per heavy atom. The molecular formula is C19H14F3NO3S. The predicted octanol–water partition coefficient (Wildman–Crippen LogP) is 5.23. The molecule has 0 N–H and O–H groups in total. The standard InChI is InChI=1S/C19H14F3NO3S/c1-25-16-7-2-12(9-24)8-17(16)26-10-15-11-27-18(23-15)13-3-5-14(6-4-13)19(20,21)22/h2-9,11H,10H2,1H3. The number of carbonyl (C=O) groups excluding carboxylic acids is 1. The van der Waals surface area contributed by atoms with E-state index in [1.165, 1.54) is 30.6 Å². The molecule has 1 heterocycles. The number of alkyl halides is 3. The summed E-state index contributed by atoms with van der Waals surface area (Å²) in [4.78, 5) is 15.3. The summed E-state index contributed by atoms with van der Waals surface area (Å²) < 4.78 is 48.8. The average molecular weight is 393 g/mol. The molecule has 0 atom stereocenters. The monoisotopic (exact) mass is 393 g/mol. The van der Waals surface area contributed by atoms with E-state index in [1.54, 1.807) is 23.6 Å². The highest BCUT2D eigenvalue weighted by Crippen LogP contribution is 2.32. The number of methoxy groups -OCH3 is 1. The van der Waals surface area contributed by atoms with Crippen molar-refractivity contribution in [2.24, 2.45) is 0 Å². The first kappa shape index (κ1) is 18.9. The summed E-state index contributed by atoms with van der Waals surface area (Å²) in [6.45, 7) is 0.135.